The normalized spacial score (nSPS) is 20.2. The second-order valence-electron chi connectivity index (χ2n) is 7.45. The molecule has 2 aliphatic heterocycles. The summed E-state index contributed by atoms with van der Waals surface area (Å²) in [6.45, 7) is 6.07. The number of hydrogen-bond donors (Lipinski definition) is 1. The van der Waals surface area contributed by atoms with E-state index >= 15 is 0 Å². The molecule has 28 heavy (non-hydrogen) atoms. The van der Waals surface area contributed by atoms with Gasteiger partial charge in [-0.25, -0.2) is 4.79 Å². The second kappa shape index (κ2) is 9.50. The number of nitrogens with one attached hydrogen (secondary N) is 1. The van der Waals surface area contributed by atoms with E-state index < -0.39 is 0 Å². The average molecular weight is 405 g/mol. The Morgan fingerprint density at radius 3 is 2.96 bits per heavy atom. The first-order valence-corrected chi connectivity index (χ1v) is 10.8. The van der Waals surface area contributed by atoms with Crippen LogP contribution < -0.4 is 5.32 Å². The molecule has 0 aromatic carbocycles. The molecule has 0 saturated carbocycles. The van der Waals surface area contributed by atoms with E-state index in [4.69, 9.17) is 10.00 Å². The van der Waals surface area contributed by atoms with Crippen molar-refractivity contribution < 1.29 is 14.3 Å². The van der Waals surface area contributed by atoms with Crippen LogP contribution in [0.3, 0.4) is 0 Å². The maximum absolute atomic E-state index is 12.9. The smallest absolute Gasteiger partial charge is 0.341 e. The van der Waals surface area contributed by atoms with E-state index in [2.05, 4.69) is 28.2 Å². The second-order valence-corrected chi connectivity index (χ2v) is 8.56. The number of likely N-dealkylation sites (tertiary alicyclic amines) is 1. The molecule has 3 heterocycles. The number of anilines is 1. The van der Waals surface area contributed by atoms with E-state index in [-0.39, 0.29) is 17.8 Å². The predicted molar refractivity (Wildman–Crippen MR) is 108 cm³/mol. The molecule has 0 aliphatic carbocycles. The molecule has 3 rings (SSSR count). The molecule has 0 radical (unpaired) electrons. The molecule has 1 saturated heterocycles. The highest BCUT2D eigenvalue weighted by molar-refractivity contribution is 7.17. The number of ether oxygens (including phenoxy) is 1. The number of nitriles is 1. The van der Waals surface area contributed by atoms with Crippen LogP contribution in [-0.4, -0.2) is 61.5 Å². The minimum Gasteiger partial charge on any atom is -0.462 e. The topological polar surface area (TPSA) is 85.7 Å². The number of likely N-dealkylation sites (N-methyl/N-ethyl adjacent to an activating group) is 1. The SMILES string of the molecule is CCOC(=O)c1c(NC(=O)C2CCCN(CCC#N)C2)sc2c1CCN(C)C2. The summed E-state index contributed by atoms with van der Waals surface area (Å²) in [6, 6.07) is 2.17. The number of nitrogens with zero attached hydrogens (tertiary/aromatic N) is 3. The number of esters is 1. The summed E-state index contributed by atoms with van der Waals surface area (Å²) < 4.78 is 5.27. The van der Waals surface area contributed by atoms with Crippen LogP contribution in [0.5, 0.6) is 0 Å². The van der Waals surface area contributed by atoms with Crippen molar-refractivity contribution in [2.75, 3.05) is 45.2 Å². The lowest BCUT2D eigenvalue weighted by Gasteiger charge is -2.31. The summed E-state index contributed by atoms with van der Waals surface area (Å²) in [4.78, 5) is 31.1. The molecule has 152 valence electrons. The Morgan fingerprint density at radius 1 is 1.39 bits per heavy atom. The summed E-state index contributed by atoms with van der Waals surface area (Å²) >= 11 is 1.50. The number of carbonyl (C=O) groups is 2. The number of thiophene rings is 1. The monoisotopic (exact) mass is 404 g/mol. The standard InChI is InChI=1S/C20H28N4O3S/c1-3-27-20(26)17-15-7-11-23(2)13-16(15)28-19(17)22-18(25)14-6-4-9-24(12-14)10-5-8-21/h14H,3-7,9-13H2,1-2H3,(H,22,25). The van der Waals surface area contributed by atoms with Gasteiger partial charge in [-0.05, 0) is 45.3 Å². The third kappa shape index (κ3) is 4.72. The molecule has 1 fully saturated rings. The minimum atomic E-state index is -0.348. The van der Waals surface area contributed by atoms with E-state index in [0.29, 0.717) is 36.7 Å². The van der Waals surface area contributed by atoms with Crippen molar-refractivity contribution in [1.29, 1.82) is 5.26 Å². The first-order valence-electron chi connectivity index (χ1n) is 9.93. The highest BCUT2D eigenvalue weighted by atomic mass is 32.1. The van der Waals surface area contributed by atoms with Crippen LogP contribution in [0.25, 0.3) is 0 Å². The zero-order valence-electron chi connectivity index (χ0n) is 16.6. The van der Waals surface area contributed by atoms with Gasteiger partial charge in [-0.2, -0.15) is 5.26 Å². The first kappa shape index (κ1) is 20.8. The zero-order valence-corrected chi connectivity index (χ0v) is 17.4. The van der Waals surface area contributed by atoms with Crippen molar-refractivity contribution >= 4 is 28.2 Å². The fourth-order valence-electron chi connectivity index (χ4n) is 3.93. The molecule has 1 unspecified atom stereocenters. The van der Waals surface area contributed by atoms with Gasteiger partial charge in [0.2, 0.25) is 5.91 Å². The Labute approximate surface area is 170 Å². The fraction of sp³-hybridized carbons (Fsp3) is 0.650. The molecular formula is C20H28N4O3S. The Hall–Kier alpha value is -1.95. The number of amides is 1. The predicted octanol–water partition coefficient (Wildman–Crippen LogP) is 2.48. The molecule has 1 N–H and O–H groups in total. The summed E-state index contributed by atoms with van der Waals surface area (Å²) in [6.07, 6.45) is 3.04. The number of rotatable bonds is 6. The van der Waals surface area contributed by atoms with Crippen LogP contribution in [0.4, 0.5) is 5.00 Å². The Morgan fingerprint density at radius 2 is 2.21 bits per heavy atom. The van der Waals surface area contributed by atoms with Gasteiger partial charge >= 0.3 is 5.97 Å². The summed E-state index contributed by atoms with van der Waals surface area (Å²) in [5.74, 6) is -0.511. The van der Waals surface area contributed by atoms with Crippen molar-refractivity contribution in [1.82, 2.24) is 9.80 Å². The van der Waals surface area contributed by atoms with Gasteiger partial charge in [0.05, 0.1) is 24.2 Å². The van der Waals surface area contributed by atoms with Gasteiger partial charge in [-0.3, -0.25) is 4.79 Å². The van der Waals surface area contributed by atoms with Crippen molar-refractivity contribution in [2.24, 2.45) is 5.92 Å². The zero-order chi connectivity index (χ0) is 20.1. The molecule has 1 aromatic rings. The van der Waals surface area contributed by atoms with Gasteiger partial charge in [-0.1, -0.05) is 0 Å². The van der Waals surface area contributed by atoms with Crippen LogP contribution in [-0.2, 0) is 22.5 Å². The maximum atomic E-state index is 12.9. The van der Waals surface area contributed by atoms with Gasteiger partial charge < -0.3 is 19.9 Å². The molecule has 7 nitrogen and oxygen atoms in total. The minimum absolute atomic E-state index is 0.0424. The molecule has 8 heteroatoms. The van der Waals surface area contributed by atoms with Crippen molar-refractivity contribution in [3.8, 4) is 6.07 Å². The molecule has 0 bridgehead atoms. The molecule has 1 amide bonds. The van der Waals surface area contributed by atoms with Gasteiger partial charge in [-0.15, -0.1) is 11.3 Å². The highest BCUT2D eigenvalue weighted by Crippen LogP contribution is 2.38. The van der Waals surface area contributed by atoms with Crippen LogP contribution in [0, 0.1) is 17.2 Å². The Balaban J connectivity index is 1.76. The Bertz CT molecular complexity index is 770. The van der Waals surface area contributed by atoms with Crippen LogP contribution >= 0.6 is 11.3 Å². The lowest BCUT2D eigenvalue weighted by atomic mass is 9.97. The maximum Gasteiger partial charge on any atom is 0.341 e. The number of carbonyl (C=O) groups excluding carboxylic acids is 2. The van der Waals surface area contributed by atoms with E-state index in [9.17, 15) is 9.59 Å². The average Bonchev–Trinajstić information content (AvgIpc) is 3.03. The van der Waals surface area contributed by atoms with Crippen molar-refractivity contribution in [3.05, 3.63) is 16.0 Å². The van der Waals surface area contributed by atoms with E-state index in [1.165, 1.54) is 11.3 Å². The molecule has 1 aromatic heterocycles. The lowest BCUT2D eigenvalue weighted by Crippen LogP contribution is -2.41. The summed E-state index contributed by atoms with van der Waals surface area (Å²) in [5.41, 5.74) is 1.57. The first-order chi connectivity index (χ1) is 13.5. The van der Waals surface area contributed by atoms with Crippen molar-refractivity contribution in [3.63, 3.8) is 0 Å². The van der Waals surface area contributed by atoms with Crippen LogP contribution in [0.15, 0.2) is 0 Å². The van der Waals surface area contributed by atoms with Gasteiger partial charge in [0, 0.05) is 37.5 Å². The summed E-state index contributed by atoms with van der Waals surface area (Å²) in [7, 11) is 2.06. The van der Waals surface area contributed by atoms with E-state index in [1.54, 1.807) is 6.92 Å². The number of piperidine rings is 1. The van der Waals surface area contributed by atoms with Crippen LogP contribution in [0.1, 0.15) is 47.0 Å². The fourth-order valence-corrected chi connectivity index (χ4v) is 5.25. The number of fused-ring (bicyclic) bond motifs is 1. The lowest BCUT2D eigenvalue weighted by molar-refractivity contribution is -0.121. The quantitative estimate of drug-likeness (QED) is 0.733. The van der Waals surface area contributed by atoms with Crippen molar-refractivity contribution in [2.45, 2.75) is 39.2 Å². The Kier molecular flexibility index (Phi) is 7.05. The van der Waals surface area contributed by atoms with Gasteiger partial charge in [0.25, 0.3) is 0 Å². The molecular weight excluding hydrogens is 376 g/mol. The van der Waals surface area contributed by atoms with Gasteiger partial charge in [0.1, 0.15) is 5.00 Å². The molecule has 2 aliphatic rings. The molecule has 1 atom stereocenters. The molecule has 0 spiro atoms. The summed E-state index contributed by atoms with van der Waals surface area (Å²) in [5, 5.41) is 12.4. The largest absolute Gasteiger partial charge is 0.462 e. The third-order valence-corrected chi connectivity index (χ3v) is 6.51. The van der Waals surface area contributed by atoms with E-state index in [0.717, 1.165) is 49.3 Å². The van der Waals surface area contributed by atoms with Gasteiger partial charge in [0.15, 0.2) is 0 Å². The third-order valence-electron chi connectivity index (χ3n) is 5.38. The van der Waals surface area contributed by atoms with E-state index in [1.807, 2.05) is 0 Å². The highest BCUT2D eigenvalue weighted by Gasteiger charge is 2.31. The van der Waals surface area contributed by atoms with Crippen LogP contribution in [0.2, 0.25) is 0 Å². The number of hydrogen-bond acceptors (Lipinski definition) is 7.